The Labute approximate surface area is 511 Å². The van der Waals surface area contributed by atoms with E-state index < -0.39 is 0 Å². The number of ether oxygens (including phenoxy) is 4. The lowest BCUT2D eigenvalue weighted by atomic mass is 10.0. The van der Waals surface area contributed by atoms with E-state index in [-0.39, 0.29) is 24.1 Å². The summed E-state index contributed by atoms with van der Waals surface area (Å²) in [5.74, 6) is 2.23. The highest BCUT2D eigenvalue weighted by Crippen LogP contribution is 2.38. The van der Waals surface area contributed by atoms with E-state index in [2.05, 4.69) is 121 Å². The second-order valence-electron chi connectivity index (χ2n) is 23.1. The lowest BCUT2D eigenvalue weighted by molar-refractivity contribution is 0.0998. The topological polar surface area (TPSA) is 194 Å². The molecule has 0 saturated carbocycles. The largest absolute Gasteiger partial charge is 0.508 e. The van der Waals surface area contributed by atoms with Gasteiger partial charge in [-0.15, -0.1) is 0 Å². The number of carbonyl (C=O) groups is 1. The van der Waals surface area contributed by atoms with Gasteiger partial charge in [-0.05, 0) is 128 Å². The number of aromatic hydroxyl groups is 1. The first-order valence-corrected chi connectivity index (χ1v) is 31.6. The number of aromatic nitrogens is 4. The first-order chi connectivity index (χ1) is 41.7. The number of amides is 1. The number of phenolic OH excluding ortho intramolecular Hbond substituents is 1. The fourth-order valence-electron chi connectivity index (χ4n) is 12.1. The highest BCUT2D eigenvalue weighted by Gasteiger charge is 2.32. The summed E-state index contributed by atoms with van der Waals surface area (Å²) >= 11 is 0. The molecule has 6 heterocycles. The molecule has 0 unspecified atom stereocenters. The van der Waals surface area contributed by atoms with Crippen LogP contribution in [0.4, 0.5) is 27.8 Å². The highest BCUT2D eigenvalue weighted by molar-refractivity contribution is 5.97. The van der Waals surface area contributed by atoms with Crippen molar-refractivity contribution in [2.24, 2.45) is 0 Å². The van der Waals surface area contributed by atoms with Crippen LogP contribution in [0.2, 0.25) is 0 Å². The number of nitrogens with zero attached hydrogens (tertiary/aromatic N) is 9. The predicted octanol–water partition coefficient (Wildman–Crippen LogP) is 13.0. The van der Waals surface area contributed by atoms with Gasteiger partial charge in [-0.2, -0.15) is 19.9 Å². The van der Waals surface area contributed by atoms with E-state index in [0.717, 1.165) is 122 Å². The average molecular weight is 1170 g/mol. The molecule has 7 aromatic rings. The van der Waals surface area contributed by atoms with Gasteiger partial charge in [-0.1, -0.05) is 125 Å². The van der Waals surface area contributed by atoms with E-state index in [1.54, 1.807) is 11.0 Å². The fourth-order valence-corrected chi connectivity index (χ4v) is 12.1. The SMILES string of the molecule is CCCCC.CCCCOc1cc(N2CCc3c(N)nc(O[C@H](C)[C@H]4CCCN4C)nc3C2)c2ccccc2c1.CCN(CC)C(=O)OCc1ccccc1.C[C@@H](Oc1nc(N)c2c(n1)CN(c1cc(O)cc3ccccc13)CC2)[C@H]1CCCN1C. The minimum Gasteiger partial charge on any atom is -0.508 e. The summed E-state index contributed by atoms with van der Waals surface area (Å²) in [6.45, 7) is 22.2. The molecule has 2 fully saturated rings. The standard InChI is InChI=1S/C28H37N5O2.C24H29N5O2.C12H17NO2.C5H12/c1-4-5-15-34-21-16-20-9-6-7-10-22(20)26(17-21)33-14-12-23-24(18-33)30-28(31-27(23)29)35-19(2)25-11-8-13-32(25)3;1-15(21-8-5-10-28(21)2)31-24-26-20-14-29(11-9-19(20)23(25)27-24)22-13-17(30)12-16-6-3-4-7-18(16)22;1-3-13(4-2)12(14)15-10-11-8-6-5-7-9-11;1-3-5-4-2/h6-7,9-10,16-17,19,25H,4-5,8,11-15,18H2,1-3H3,(H2,29,30,31);3-4,6-7,12-13,15,21,30H,5,8-11,14H2,1-2H3,(H2,25,26,27);5-9H,3-4,10H2,1-2H3;3-5H2,1-2H3/t19-,25-;15-,21-;;/m11../s1. The Morgan fingerprint density at radius 2 is 1.12 bits per heavy atom. The number of rotatable bonds is 18. The maximum atomic E-state index is 11.5. The van der Waals surface area contributed by atoms with Crippen LogP contribution in [0.3, 0.4) is 0 Å². The average Bonchev–Trinajstić information content (AvgIpc) is 1.88. The molecule has 462 valence electrons. The maximum Gasteiger partial charge on any atom is 0.410 e. The van der Waals surface area contributed by atoms with E-state index in [1.807, 2.05) is 68.4 Å². The molecule has 4 aliphatic heterocycles. The van der Waals surface area contributed by atoms with Crippen LogP contribution in [0.15, 0.2) is 103 Å². The summed E-state index contributed by atoms with van der Waals surface area (Å²) in [7, 11) is 4.29. The number of hydrogen-bond acceptors (Lipinski definition) is 16. The lowest BCUT2D eigenvalue weighted by Gasteiger charge is -2.32. The number of nitrogens with two attached hydrogens (primary N) is 2. The Balaban J connectivity index is 0.000000172. The number of fused-ring (bicyclic) bond motifs is 4. The summed E-state index contributed by atoms with van der Waals surface area (Å²) in [5, 5.41) is 14.8. The Morgan fingerprint density at radius 1 is 0.628 bits per heavy atom. The van der Waals surface area contributed by atoms with Crippen molar-refractivity contribution in [1.29, 1.82) is 0 Å². The third kappa shape index (κ3) is 16.9. The van der Waals surface area contributed by atoms with Gasteiger partial charge in [-0.25, -0.2) is 4.79 Å². The number of phenols is 1. The number of unbranched alkanes of at least 4 members (excludes halogenated alkanes) is 3. The normalized spacial score (nSPS) is 17.2. The zero-order valence-electron chi connectivity index (χ0n) is 52.6. The van der Waals surface area contributed by atoms with Gasteiger partial charge in [0.15, 0.2) is 0 Å². The number of benzene rings is 5. The van der Waals surface area contributed by atoms with E-state index >= 15 is 0 Å². The van der Waals surface area contributed by atoms with Crippen molar-refractivity contribution in [1.82, 2.24) is 34.6 Å². The monoisotopic (exact) mass is 1170 g/mol. The molecule has 5 N–H and O–H groups in total. The summed E-state index contributed by atoms with van der Waals surface area (Å²) in [4.78, 5) is 41.0. The third-order valence-electron chi connectivity index (χ3n) is 17.0. The van der Waals surface area contributed by atoms with Crippen molar-refractivity contribution < 1.29 is 28.8 Å². The molecule has 0 radical (unpaired) electrons. The van der Waals surface area contributed by atoms with Crippen LogP contribution >= 0.6 is 0 Å². The quantitative estimate of drug-likeness (QED) is 0.0686. The van der Waals surface area contributed by atoms with Crippen molar-refractivity contribution in [2.45, 2.75) is 163 Å². The van der Waals surface area contributed by atoms with Crippen LogP contribution in [0.25, 0.3) is 21.5 Å². The number of anilines is 4. The fraction of sp³-hybridized carbons (Fsp3) is 0.493. The van der Waals surface area contributed by atoms with Crippen molar-refractivity contribution in [2.75, 3.05) is 81.2 Å². The lowest BCUT2D eigenvalue weighted by Crippen LogP contribution is -2.38. The number of carbonyl (C=O) groups excluding carboxylic acids is 1. The molecule has 4 aliphatic rings. The van der Waals surface area contributed by atoms with Crippen molar-refractivity contribution in [3.05, 3.63) is 131 Å². The van der Waals surface area contributed by atoms with E-state index in [9.17, 15) is 9.90 Å². The van der Waals surface area contributed by atoms with Gasteiger partial charge in [0.25, 0.3) is 0 Å². The number of likely N-dealkylation sites (N-methyl/N-ethyl adjacent to an activating group) is 2. The van der Waals surface area contributed by atoms with Gasteiger partial charge in [0.05, 0.1) is 31.1 Å². The van der Waals surface area contributed by atoms with Crippen LogP contribution in [-0.4, -0.2) is 130 Å². The summed E-state index contributed by atoms with van der Waals surface area (Å²) < 4.78 is 23.6. The van der Waals surface area contributed by atoms with Crippen molar-refractivity contribution in [3.63, 3.8) is 0 Å². The molecule has 1 amide bonds. The van der Waals surface area contributed by atoms with Crippen molar-refractivity contribution >= 4 is 50.6 Å². The van der Waals surface area contributed by atoms with Gasteiger partial charge in [0, 0.05) is 83.7 Å². The molecular formula is C69H95N11O6. The van der Waals surface area contributed by atoms with Gasteiger partial charge in [-0.3, -0.25) is 9.80 Å². The molecule has 0 bridgehead atoms. The predicted molar refractivity (Wildman–Crippen MR) is 349 cm³/mol. The van der Waals surface area contributed by atoms with Crippen LogP contribution in [-0.2, 0) is 37.3 Å². The number of nitrogen functional groups attached to an aromatic ring is 2. The minimum absolute atomic E-state index is 0.000317. The number of likely N-dealkylation sites (tertiary alicyclic amines) is 2. The molecule has 0 aliphatic carbocycles. The van der Waals surface area contributed by atoms with Crippen LogP contribution in [0.5, 0.6) is 23.5 Å². The van der Waals surface area contributed by atoms with E-state index in [0.29, 0.717) is 68.5 Å². The summed E-state index contributed by atoms with van der Waals surface area (Å²) in [5.41, 5.74) is 19.8. The van der Waals surface area contributed by atoms with Crippen LogP contribution in [0, 0.1) is 0 Å². The Hall–Kier alpha value is -7.63. The second-order valence-corrected chi connectivity index (χ2v) is 23.1. The summed E-state index contributed by atoms with van der Waals surface area (Å²) in [6, 6.07) is 35.7. The highest BCUT2D eigenvalue weighted by atomic mass is 16.6. The molecule has 2 aromatic heterocycles. The molecule has 17 heteroatoms. The van der Waals surface area contributed by atoms with Gasteiger partial charge in [0.1, 0.15) is 41.9 Å². The Morgan fingerprint density at radius 3 is 1.59 bits per heavy atom. The maximum absolute atomic E-state index is 11.5. The molecule has 4 atom stereocenters. The van der Waals surface area contributed by atoms with E-state index in [1.165, 1.54) is 48.6 Å². The second kappa shape index (κ2) is 31.7. The first-order valence-electron chi connectivity index (χ1n) is 31.6. The molecule has 17 nitrogen and oxygen atoms in total. The molecule has 0 spiro atoms. The number of hydrogen-bond donors (Lipinski definition) is 3. The zero-order chi connectivity index (χ0) is 61.1. The molecule has 11 rings (SSSR count). The van der Waals surface area contributed by atoms with Crippen LogP contribution in [0.1, 0.15) is 134 Å². The zero-order valence-corrected chi connectivity index (χ0v) is 52.6. The Bertz CT molecular complexity index is 3270. The van der Waals surface area contributed by atoms with Gasteiger partial charge >= 0.3 is 18.1 Å². The van der Waals surface area contributed by atoms with Crippen molar-refractivity contribution in [3.8, 4) is 23.5 Å². The first kappa shape index (κ1) is 64.4. The van der Waals surface area contributed by atoms with Gasteiger partial charge < -0.3 is 50.2 Å². The molecule has 5 aromatic carbocycles. The molecule has 2 saturated heterocycles. The summed E-state index contributed by atoms with van der Waals surface area (Å²) in [6.07, 6.45) is 12.2. The van der Waals surface area contributed by atoms with Crippen LogP contribution < -0.4 is 35.5 Å². The van der Waals surface area contributed by atoms with E-state index in [4.69, 9.17) is 40.4 Å². The molecular weight excluding hydrogens is 1080 g/mol. The minimum atomic E-state index is -0.246. The molecule has 86 heavy (non-hydrogen) atoms. The smallest absolute Gasteiger partial charge is 0.410 e. The Kier molecular flexibility index (Phi) is 23.7. The third-order valence-corrected chi connectivity index (χ3v) is 17.0. The van der Waals surface area contributed by atoms with Gasteiger partial charge in [0.2, 0.25) is 0 Å².